The molecule has 4 heterocycles. The molecule has 11 heteroatoms. The Bertz CT molecular complexity index is 1320. The summed E-state index contributed by atoms with van der Waals surface area (Å²) in [4.78, 5) is 52.6. The summed E-state index contributed by atoms with van der Waals surface area (Å²) in [7, 11) is 1.55. The van der Waals surface area contributed by atoms with E-state index in [-0.39, 0.29) is 11.9 Å². The number of halogens is 1. The normalized spacial score (nSPS) is 16.8. The molecule has 0 bridgehead atoms. The Hall–Kier alpha value is -3.27. The van der Waals surface area contributed by atoms with Gasteiger partial charge in [0, 0.05) is 51.3 Å². The monoisotopic (exact) mass is 469 g/mol. The fraction of sp³-hybridized carbons (Fsp3) is 0.455. The van der Waals surface area contributed by atoms with E-state index in [4.69, 9.17) is 11.6 Å². The molecule has 2 fully saturated rings. The van der Waals surface area contributed by atoms with Crippen molar-refractivity contribution in [3.63, 3.8) is 0 Å². The highest BCUT2D eigenvalue weighted by atomic mass is 35.5. The van der Waals surface area contributed by atoms with E-state index in [1.807, 2.05) is 4.90 Å². The van der Waals surface area contributed by atoms with Crippen LogP contribution in [0, 0.1) is 5.92 Å². The highest BCUT2D eigenvalue weighted by Crippen LogP contribution is 2.28. The molecule has 1 saturated heterocycles. The third-order valence-electron chi connectivity index (χ3n) is 6.37. The molecule has 1 aliphatic carbocycles. The Morgan fingerprint density at radius 2 is 1.76 bits per heavy atom. The average Bonchev–Trinajstić information content (AvgIpc) is 3.67. The van der Waals surface area contributed by atoms with Gasteiger partial charge in [0.1, 0.15) is 0 Å². The van der Waals surface area contributed by atoms with Crippen molar-refractivity contribution in [2.75, 3.05) is 24.5 Å². The zero-order chi connectivity index (χ0) is 23.1. The quantitative estimate of drug-likeness (QED) is 0.563. The minimum Gasteiger partial charge on any atom is -0.352 e. The molecule has 2 aliphatic rings. The highest BCUT2D eigenvalue weighted by molar-refractivity contribution is 6.31. The number of rotatable bonds is 5. The first-order valence-corrected chi connectivity index (χ1v) is 11.4. The topological polar surface area (TPSA) is 115 Å². The van der Waals surface area contributed by atoms with Gasteiger partial charge in [0.15, 0.2) is 5.65 Å². The first-order valence-electron chi connectivity index (χ1n) is 11.0. The predicted octanol–water partition coefficient (Wildman–Crippen LogP) is 1.52. The second-order valence-corrected chi connectivity index (χ2v) is 9.12. The second kappa shape index (κ2) is 8.58. The maximum Gasteiger partial charge on any atom is 0.318 e. The Balaban J connectivity index is 1.31. The van der Waals surface area contributed by atoms with E-state index in [1.54, 1.807) is 25.5 Å². The largest absolute Gasteiger partial charge is 0.352 e. The second-order valence-electron chi connectivity index (χ2n) is 8.68. The van der Waals surface area contributed by atoms with Crippen LogP contribution in [0.4, 0.5) is 5.95 Å². The number of aryl methyl sites for hydroxylation is 1. The van der Waals surface area contributed by atoms with E-state index < -0.39 is 11.1 Å². The van der Waals surface area contributed by atoms with Crippen LogP contribution in [0.3, 0.4) is 0 Å². The van der Waals surface area contributed by atoms with Crippen LogP contribution in [-0.2, 0) is 7.05 Å². The molecule has 0 radical (unpaired) electrons. The smallest absolute Gasteiger partial charge is 0.318 e. The number of pyridine rings is 1. The molecular weight excluding hydrogens is 446 g/mol. The summed E-state index contributed by atoms with van der Waals surface area (Å²) in [5.74, 6) is 0.993. The number of amides is 1. The maximum absolute atomic E-state index is 12.8. The van der Waals surface area contributed by atoms with Crippen molar-refractivity contribution >= 4 is 34.6 Å². The molecule has 1 amide bonds. The molecular formula is C22H24ClN7O3. The van der Waals surface area contributed by atoms with Crippen LogP contribution >= 0.6 is 11.6 Å². The number of aromatic nitrogens is 5. The van der Waals surface area contributed by atoms with Gasteiger partial charge >= 0.3 is 11.1 Å². The van der Waals surface area contributed by atoms with E-state index >= 15 is 0 Å². The van der Waals surface area contributed by atoms with Crippen LogP contribution in [0.15, 0.2) is 34.2 Å². The zero-order valence-electron chi connectivity index (χ0n) is 18.2. The lowest BCUT2D eigenvalue weighted by Crippen LogP contribution is -2.45. The maximum atomic E-state index is 12.8. The van der Waals surface area contributed by atoms with Crippen molar-refractivity contribution in [3.8, 4) is 0 Å². The molecule has 5 rings (SSSR count). The number of fused-ring (bicyclic) bond motifs is 1. The molecule has 1 saturated carbocycles. The molecule has 0 spiro atoms. The summed E-state index contributed by atoms with van der Waals surface area (Å²) in [6.07, 6.45) is 8.17. The SMILES string of the molecule is Cn1c(=O)c(=O)n(C2CCN(c3ncc(C(=O)NCC4CC4)cn3)CC2)c2ncc(Cl)cc21. The van der Waals surface area contributed by atoms with Gasteiger partial charge in [0.25, 0.3) is 5.91 Å². The summed E-state index contributed by atoms with van der Waals surface area (Å²) < 4.78 is 2.79. The van der Waals surface area contributed by atoms with Crippen LogP contribution in [0.5, 0.6) is 0 Å². The molecule has 1 N–H and O–H groups in total. The highest BCUT2D eigenvalue weighted by Gasteiger charge is 2.26. The van der Waals surface area contributed by atoms with E-state index in [0.29, 0.717) is 66.1 Å². The van der Waals surface area contributed by atoms with Gasteiger partial charge in [0.05, 0.1) is 16.1 Å². The minimum absolute atomic E-state index is 0.156. The van der Waals surface area contributed by atoms with Gasteiger partial charge in [-0.2, -0.15) is 0 Å². The average molecular weight is 470 g/mol. The fourth-order valence-corrected chi connectivity index (χ4v) is 4.38. The summed E-state index contributed by atoms with van der Waals surface area (Å²) >= 11 is 6.06. The molecule has 10 nitrogen and oxygen atoms in total. The predicted molar refractivity (Wildman–Crippen MR) is 124 cm³/mol. The van der Waals surface area contributed by atoms with Crippen molar-refractivity contribution in [2.24, 2.45) is 13.0 Å². The summed E-state index contributed by atoms with van der Waals surface area (Å²) in [5, 5.41) is 3.31. The van der Waals surface area contributed by atoms with Crippen molar-refractivity contribution in [1.29, 1.82) is 0 Å². The first kappa shape index (κ1) is 21.6. The number of carbonyl (C=O) groups excluding carboxylic acids is 1. The van der Waals surface area contributed by atoms with Crippen molar-refractivity contribution in [3.05, 3.63) is 56.0 Å². The molecule has 0 unspecified atom stereocenters. The van der Waals surface area contributed by atoms with E-state index in [9.17, 15) is 14.4 Å². The van der Waals surface area contributed by atoms with Gasteiger partial charge in [-0.3, -0.25) is 19.0 Å². The number of carbonyl (C=O) groups is 1. The zero-order valence-corrected chi connectivity index (χ0v) is 19.0. The van der Waals surface area contributed by atoms with E-state index in [1.165, 1.54) is 28.2 Å². The molecule has 3 aromatic rings. The Morgan fingerprint density at radius 3 is 2.42 bits per heavy atom. The van der Waals surface area contributed by atoms with Gasteiger partial charge in [-0.05, 0) is 37.7 Å². The summed E-state index contributed by atoms with van der Waals surface area (Å²) in [6, 6.07) is 1.47. The van der Waals surface area contributed by atoms with Gasteiger partial charge in [-0.1, -0.05) is 11.6 Å². The molecule has 172 valence electrons. The van der Waals surface area contributed by atoms with Crippen LogP contribution in [0.1, 0.15) is 42.1 Å². The summed E-state index contributed by atoms with van der Waals surface area (Å²) in [5.41, 5.74) is 0.220. The number of piperidine rings is 1. The minimum atomic E-state index is -0.604. The van der Waals surface area contributed by atoms with E-state index in [0.717, 1.165) is 0 Å². The lowest BCUT2D eigenvalue weighted by Gasteiger charge is -2.33. The van der Waals surface area contributed by atoms with Gasteiger partial charge in [-0.15, -0.1) is 0 Å². The van der Waals surface area contributed by atoms with Crippen molar-refractivity contribution in [1.82, 2.24) is 29.4 Å². The third kappa shape index (κ3) is 4.22. The molecule has 0 aromatic carbocycles. The molecule has 1 aliphatic heterocycles. The molecule has 3 aromatic heterocycles. The van der Waals surface area contributed by atoms with Gasteiger partial charge in [-0.25, -0.2) is 15.0 Å². The summed E-state index contributed by atoms with van der Waals surface area (Å²) in [6.45, 7) is 1.91. The number of hydrogen-bond donors (Lipinski definition) is 1. The number of nitrogens with zero attached hydrogens (tertiary/aromatic N) is 6. The first-order chi connectivity index (χ1) is 15.9. The van der Waals surface area contributed by atoms with Gasteiger partial charge in [0.2, 0.25) is 5.95 Å². The Kier molecular flexibility index (Phi) is 5.61. The Morgan fingerprint density at radius 1 is 1.06 bits per heavy atom. The standard InChI is InChI=1S/C22H24ClN7O3/c1-28-17-8-15(23)12-24-18(17)30(21(33)20(28)32)16-4-6-29(7-5-16)22-26-10-14(11-27-22)19(31)25-9-13-2-3-13/h8,10-13,16H,2-7,9H2,1H3,(H,25,31). The fourth-order valence-electron chi connectivity index (χ4n) is 4.23. The number of nitrogens with one attached hydrogen (secondary N) is 1. The molecule has 33 heavy (non-hydrogen) atoms. The van der Waals surface area contributed by atoms with Crippen LogP contribution < -0.4 is 21.3 Å². The van der Waals surface area contributed by atoms with E-state index in [2.05, 4.69) is 20.3 Å². The van der Waals surface area contributed by atoms with Crippen molar-refractivity contribution in [2.45, 2.75) is 31.7 Å². The Labute approximate surface area is 194 Å². The van der Waals surface area contributed by atoms with Gasteiger partial charge < -0.3 is 14.8 Å². The van der Waals surface area contributed by atoms with Crippen LogP contribution in [-0.4, -0.2) is 49.6 Å². The van der Waals surface area contributed by atoms with Crippen LogP contribution in [0.25, 0.3) is 11.2 Å². The third-order valence-corrected chi connectivity index (χ3v) is 6.58. The lowest BCUT2D eigenvalue weighted by atomic mass is 10.0. The van der Waals surface area contributed by atoms with Crippen LogP contribution in [0.2, 0.25) is 5.02 Å². The van der Waals surface area contributed by atoms with Crippen molar-refractivity contribution < 1.29 is 4.79 Å². The number of anilines is 1. The number of hydrogen-bond acceptors (Lipinski definition) is 7. The lowest BCUT2D eigenvalue weighted by molar-refractivity contribution is 0.0951. The molecule has 0 atom stereocenters.